The van der Waals surface area contributed by atoms with Gasteiger partial charge in [0.25, 0.3) is 0 Å². The number of fused-ring (bicyclic) bond motifs is 3. The first-order valence-corrected chi connectivity index (χ1v) is 4.70. The molecule has 5 nitrogen and oxygen atoms in total. The molecule has 5 heteroatoms. The van der Waals surface area contributed by atoms with Crippen molar-refractivity contribution in [1.82, 2.24) is 9.80 Å². The van der Waals surface area contributed by atoms with E-state index < -0.39 is 0 Å². The van der Waals surface area contributed by atoms with Gasteiger partial charge < -0.3 is 11.5 Å². The molecule has 3 saturated heterocycles. The number of hydrogen-bond donors (Lipinski definition) is 2. The summed E-state index contributed by atoms with van der Waals surface area (Å²) < 4.78 is 0. The average Bonchev–Trinajstić information content (AvgIpc) is 2.18. The van der Waals surface area contributed by atoms with E-state index in [1.807, 2.05) is 0 Å². The second kappa shape index (κ2) is 3.25. The smallest absolute Gasteiger partial charge is 0.236 e. The normalized spacial score (nSPS) is 43.5. The van der Waals surface area contributed by atoms with Gasteiger partial charge in [-0.1, -0.05) is 0 Å². The number of rotatable bonds is 2. The molecular formula is C8H16N4O. The van der Waals surface area contributed by atoms with Crippen LogP contribution in [0.2, 0.25) is 0 Å². The lowest BCUT2D eigenvalue weighted by atomic mass is 10.0. The van der Waals surface area contributed by atoms with E-state index >= 15 is 0 Å². The molecule has 4 unspecified atom stereocenters. The summed E-state index contributed by atoms with van der Waals surface area (Å²) in [5.41, 5.74) is 10.9. The van der Waals surface area contributed by atoms with Crippen LogP contribution in [-0.4, -0.2) is 60.5 Å². The molecule has 3 heterocycles. The highest BCUT2D eigenvalue weighted by atomic mass is 16.1. The maximum Gasteiger partial charge on any atom is 0.236 e. The second-order valence-electron chi connectivity index (χ2n) is 3.80. The summed E-state index contributed by atoms with van der Waals surface area (Å²) in [7, 11) is 0. The van der Waals surface area contributed by atoms with E-state index in [0.29, 0.717) is 12.6 Å². The minimum atomic E-state index is -0.208. The molecule has 0 spiro atoms. The first-order valence-electron chi connectivity index (χ1n) is 4.70. The molecule has 0 aliphatic carbocycles. The van der Waals surface area contributed by atoms with Crippen LogP contribution in [0.15, 0.2) is 0 Å². The summed E-state index contributed by atoms with van der Waals surface area (Å²) in [6.45, 7) is 4.29. The third kappa shape index (κ3) is 1.43. The Hall–Kier alpha value is -0.650. The number of carbonyl (C=O) groups is 1. The summed E-state index contributed by atoms with van der Waals surface area (Å²) in [6, 6.07) is 0.334. The van der Waals surface area contributed by atoms with Crippen molar-refractivity contribution in [2.24, 2.45) is 11.5 Å². The number of nitrogens with two attached hydrogens (primary N) is 2. The van der Waals surface area contributed by atoms with Crippen LogP contribution >= 0.6 is 0 Å². The minimum absolute atomic E-state index is 0.0865. The summed E-state index contributed by atoms with van der Waals surface area (Å²) in [5, 5.41) is 0. The van der Waals surface area contributed by atoms with Gasteiger partial charge in [0, 0.05) is 38.8 Å². The van der Waals surface area contributed by atoms with Gasteiger partial charge in [-0.25, -0.2) is 0 Å². The maximum atomic E-state index is 11.1. The minimum Gasteiger partial charge on any atom is -0.368 e. The SMILES string of the molecule is NCC1CN2CCN1CC2C(N)=O. The van der Waals surface area contributed by atoms with Crippen molar-refractivity contribution in [3.05, 3.63) is 0 Å². The van der Waals surface area contributed by atoms with Crippen molar-refractivity contribution >= 4 is 5.91 Å². The number of primary amides is 1. The number of carbonyl (C=O) groups excluding carboxylic acids is 1. The molecule has 1 amide bonds. The standard InChI is InChI=1S/C8H16N4O/c9-3-6-4-12-2-1-11(6)5-7(12)8(10)13/h6-7H,1-5,9H2,(H2,10,13). The van der Waals surface area contributed by atoms with Crippen LogP contribution < -0.4 is 11.5 Å². The highest BCUT2D eigenvalue weighted by Gasteiger charge is 2.39. The third-order valence-corrected chi connectivity index (χ3v) is 3.08. The molecule has 3 fully saturated rings. The van der Waals surface area contributed by atoms with Crippen molar-refractivity contribution in [2.45, 2.75) is 12.1 Å². The molecule has 3 aliphatic heterocycles. The molecule has 74 valence electrons. The number of piperazine rings is 3. The van der Waals surface area contributed by atoms with Crippen molar-refractivity contribution in [2.75, 3.05) is 32.7 Å². The van der Waals surface area contributed by atoms with E-state index in [1.165, 1.54) is 0 Å². The van der Waals surface area contributed by atoms with Crippen LogP contribution in [0.5, 0.6) is 0 Å². The zero-order valence-corrected chi connectivity index (χ0v) is 7.65. The van der Waals surface area contributed by atoms with E-state index in [9.17, 15) is 4.79 Å². The Labute approximate surface area is 77.6 Å². The fraction of sp³-hybridized carbons (Fsp3) is 0.875. The predicted molar refractivity (Wildman–Crippen MR) is 49.0 cm³/mol. The molecule has 3 rings (SSSR count). The summed E-state index contributed by atoms with van der Waals surface area (Å²) in [4.78, 5) is 15.5. The van der Waals surface area contributed by atoms with E-state index in [-0.39, 0.29) is 11.9 Å². The summed E-state index contributed by atoms with van der Waals surface area (Å²) in [5.74, 6) is -0.208. The molecule has 0 aromatic heterocycles. The predicted octanol–water partition coefficient (Wildman–Crippen LogP) is -2.20. The zero-order chi connectivity index (χ0) is 9.42. The second-order valence-corrected chi connectivity index (χ2v) is 3.80. The fourth-order valence-corrected chi connectivity index (χ4v) is 2.27. The Morgan fingerprint density at radius 1 is 1.31 bits per heavy atom. The molecule has 0 saturated carbocycles. The quantitative estimate of drug-likeness (QED) is 0.510. The number of amides is 1. The van der Waals surface area contributed by atoms with Crippen molar-refractivity contribution in [1.29, 1.82) is 0 Å². The molecule has 0 aromatic carbocycles. The van der Waals surface area contributed by atoms with Gasteiger partial charge >= 0.3 is 0 Å². The average molecular weight is 184 g/mol. The number of nitrogens with zero attached hydrogens (tertiary/aromatic N) is 2. The van der Waals surface area contributed by atoms with Crippen LogP contribution in [0.1, 0.15) is 0 Å². The molecule has 4 N–H and O–H groups in total. The lowest BCUT2D eigenvalue weighted by Gasteiger charge is -2.50. The van der Waals surface area contributed by atoms with Crippen molar-refractivity contribution < 1.29 is 4.79 Å². The van der Waals surface area contributed by atoms with Crippen molar-refractivity contribution in [3.8, 4) is 0 Å². The Bertz CT molecular complexity index is 220. The van der Waals surface area contributed by atoms with Gasteiger partial charge in [-0.05, 0) is 0 Å². The van der Waals surface area contributed by atoms with Gasteiger partial charge in [0.05, 0.1) is 0 Å². The van der Waals surface area contributed by atoms with Crippen molar-refractivity contribution in [3.63, 3.8) is 0 Å². The van der Waals surface area contributed by atoms with E-state index in [1.54, 1.807) is 0 Å². The molecular weight excluding hydrogens is 168 g/mol. The van der Waals surface area contributed by atoms with Gasteiger partial charge in [-0.2, -0.15) is 0 Å². The Morgan fingerprint density at radius 3 is 2.46 bits per heavy atom. The molecule has 2 bridgehead atoms. The van der Waals surface area contributed by atoms with E-state index in [2.05, 4.69) is 9.80 Å². The highest BCUT2D eigenvalue weighted by Crippen LogP contribution is 2.19. The largest absolute Gasteiger partial charge is 0.368 e. The molecule has 3 aliphatic rings. The summed E-state index contributed by atoms with van der Waals surface area (Å²) in [6.07, 6.45) is 0. The van der Waals surface area contributed by atoms with Crippen LogP contribution in [0, 0.1) is 0 Å². The van der Waals surface area contributed by atoms with Gasteiger partial charge in [-0.3, -0.25) is 14.6 Å². The first kappa shape index (κ1) is 8.93. The molecule has 13 heavy (non-hydrogen) atoms. The lowest BCUT2D eigenvalue weighted by molar-refractivity contribution is -0.130. The van der Waals surface area contributed by atoms with Gasteiger partial charge in [0.1, 0.15) is 6.04 Å². The Morgan fingerprint density at radius 2 is 2.00 bits per heavy atom. The van der Waals surface area contributed by atoms with Gasteiger partial charge in [-0.15, -0.1) is 0 Å². The zero-order valence-electron chi connectivity index (χ0n) is 7.65. The summed E-state index contributed by atoms with van der Waals surface area (Å²) >= 11 is 0. The number of hydrogen-bond acceptors (Lipinski definition) is 4. The lowest BCUT2D eigenvalue weighted by Crippen LogP contribution is -2.69. The fourth-order valence-electron chi connectivity index (χ4n) is 2.27. The maximum absolute atomic E-state index is 11.1. The first-order chi connectivity index (χ1) is 6.22. The van der Waals surface area contributed by atoms with E-state index in [0.717, 1.165) is 26.2 Å². The van der Waals surface area contributed by atoms with Crippen LogP contribution in [0.25, 0.3) is 0 Å². The monoisotopic (exact) mass is 184 g/mol. The van der Waals surface area contributed by atoms with Crippen LogP contribution in [0.3, 0.4) is 0 Å². The molecule has 0 aromatic rings. The highest BCUT2D eigenvalue weighted by molar-refractivity contribution is 5.80. The van der Waals surface area contributed by atoms with Crippen LogP contribution in [-0.2, 0) is 4.79 Å². The Kier molecular flexibility index (Phi) is 2.23. The molecule has 0 radical (unpaired) electrons. The van der Waals surface area contributed by atoms with Crippen LogP contribution in [0.4, 0.5) is 0 Å². The Balaban J connectivity index is 2.07. The third-order valence-electron chi connectivity index (χ3n) is 3.08. The van der Waals surface area contributed by atoms with E-state index in [4.69, 9.17) is 11.5 Å². The van der Waals surface area contributed by atoms with Gasteiger partial charge in [0.15, 0.2) is 0 Å². The topological polar surface area (TPSA) is 75.6 Å². The van der Waals surface area contributed by atoms with Gasteiger partial charge in [0.2, 0.25) is 5.91 Å². The molecule has 4 atom stereocenters.